The topological polar surface area (TPSA) is 61.8 Å². The first-order valence-electron chi connectivity index (χ1n) is 19.2. The van der Waals surface area contributed by atoms with Crippen LogP contribution < -0.4 is 0 Å². The lowest BCUT2D eigenvalue weighted by atomic mass is 9.71. The molecule has 0 spiro atoms. The second kappa shape index (κ2) is 20.6. The van der Waals surface area contributed by atoms with Gasteiger partial charge in [-0.05, 0) is 130 Å². The first-order valence-corrected chi connectivity index (χ1v) is 19.2. The van der Waals surface area contributed by atoms with Gasteiger partial charge < -0.3 is 14.2 Å². The largest absolute Gasteiger partial charge is 0.466 e. The number of hydrogen-bond donors (Lipinski definition) is 0. The Kier molecular flexibility index (Phi) is 16.6. The van der Waals surface area contributed by atoms with Crippen molar-refractivity contribution in [1.82, 2.24) is 0 Å². The Morgan fingerprint density at radius 1 is 0.600 bits per heavy atom. The van der Waals surface area contributed by atoms with Gasteiger partial charge in [-0.3, -0.25) is 9.59 Å². The van der Waals surface area contributed by atoms with Crippen LogP contribution in [0.3, 0.4) is 0 Å². The molecule has 256 valence electrons. The molecule has 4 aliphatic rings. The van der Waals surface area contributed by atoms with Crippen molar-refractivity contribution in [3.8, 4) is 0 Å². The predicted molar refractivity (Wildman–Crippen MR) is 182 cm³/mol. The summed E-state index contributed by atoms with van der Waals surface area (Å²) in [6, 6.07) is 0. The number of allylic oxidation sites excluding steroid dienone is 1. The first-order chi connectivity index (χ1) is 22.0. The molecule has 0 saturated heterocycles. The average molecular weight is 627 g/mol. The maximum absolute atomic E-state index is 12.3. The maximum Gasteiger partial charge on any atom is 0.306 e. The van der Waals surface area contributed by atoms with E-state index in [4.69, 9.17) is 14.2 Å². The monoisotopic (exact) mass is 626 g/mol. The van der Waals surface area contributed by atoms with Gasteiger partial charge in [0.05, 0.1) is 13.2 Å². The maximum atomic E-state index is 12.3. The number of carbonyl (C=O) groups is 2. The molecule has 0 N–H and O–H groups in total. The Labute approximate surface area is 275 Å². The molecule has 0 bridgehead atoms. The lowest BCUT2D eigenvalue weighted by Crippen LogP contribution is -2.23. The minimum atomic E-state index is -0.0454. The highest BCUT2D eigenvalue weighted by atomic mass is 16.6. The summed E-state index contributed by atoms with van der Waals surface area (Å²) in [6.45, 7) is 3.58. The van der Waals surface area contributed by atoms with Gasteiger partial charge >= 0.3 is 11.9 Å². The minimum Gasteiger partial charge on any atom is -0.466 e. The van der Waals surface area contributed by atoms with E-state index in [2.05, 4.69) is 24.8 Å². The third-order valence-electron chi connectivity index (χ3n) is 11.6. The molecule has 0 aliphatic heterocycles. The van der Waals surface area contributed by atoms with Gasteiger partial charge in [-0.15, -0.1) is 5.73 Å². The molecule has 8 atom stereocenters. The van der Waals surface area contributed by atoms with E-state index in [1.54, 1.807) is 7.11 Å². The number of unbranched alkanes of at least 4 members (excludes halogenated alkanes) is 1. The van der Waals surface area contributed by atoms with Gasteiger partial charge in [0.1, 0.15) is 6.61 Å². The fraction of sp³-hybridized carbons (Fsp3) is 0.875. The zero-order chi connectivity index (χ0) is 31.7. The van der Waals surface area contributed by atoms with E-state index < -0.39 is 0 Å². The molecule has 0 radical (unpaired) electrons. The molecule has 4 saturated carbocycles. The van der Waals surface area contributed by atoms with Crippen LogP contribution in [0, 0.1) is 47.3 Å². The highest BCUT2D eigenvalue weighted by Gasteiger charge is 2.30. The second-order valence-corrected chi connectivity index (χ2v) is 15.5. The molecule has 5 heteroatoms. The quantitative estimate of drug-likeness (QED) is 0.0969. The van der Waals surface area contributed by atoms with Gasteiger partial charge in [0, 0.05) is 20.0 Å². The summed E-state index contributed by atoms with van der Waals surface area (Å²) in [6.07, 6.45) is 31.6. The van der Waals surface area contributed by atoms with Gasteiger partial charge in [-0.25, -0.2) is 0 Å². The Morgan fingerprint density at radius 3 is 1.53 bits per heavy atom. The molecule has 8 unspecified atom stereocenters. The normalized spacial score (nSPS) is 32.2. The molecule has 0 aromatic rings. The fourth-order valence-corrected chi connectivity index (χ4v) is 9.43. The molecule has 0 amide bonds. The number of methoxy groups -OCH3 is 1. The molecule has 4 rings (SSSR count). The summed E-state index contributed by atoms with van der Waals surface area (Å²) in [5, 5.41) is 0. The molecular weight excluding hydrogens is 560 g/mol. The molecule has 45 heavy (non-hydrogen) atoms. The summed E-state index contributed by atoms with van der Waals surface area (Å²) < 4.78 is 15.8. The van der Waals surface area contributed by atoms with Crippen molar-refractivity contribution < 1.29 is 23.8 Å². The van der Waals surface area contributed by atoms with Crippen molar-refractivity contribution in [3.05, 3.63) is 17.9 Å². The third-order valence-corrected chi connectivity index (χ3v) is 11.6. The number of carbonyl (C=O) groups excluding carboxylic acids is 2. The van der Waals surface area contributed by atoms with Crippen LogP contribution in [0.2, 0.25) is 0 Å². The number of ether oxygens (including phenoxy) is 3. The van der Waals surface area contributed by atoms with Gasteiger partial charge in [-0.1, -0.05) is 64.7 Å². The van der Waals surface area contributed by atoms with Crippen LogP contribution in [-0.2, 0) is 23.8 Å². The molecular formula is C40H66O5. The van der Waals surface area contributed by atoms with E-state index in [0.717, 1.165) is 36.5 Å². The summed E-state index contributed by atoms with van der Waals surface area (Å²) in [7, 11) is 1.64. The third kappa shape index (κ3) is 14.0. The van der Waals surface area contributed by atoms with E-state index in [9.17, 15) is 9.59 Å². The van der Waals surface area contributed by atoms with Crippen molar-refractivity contribution in [3.63, 3.8) is 0 Å². The molecule has 4 fully saturated rings. The molecule has 0 aromatic heterocycles. The van der Waals surface area contributed by atoms with Crippen molar-refractivity contribution >= 4 is 11.9 Å². The molecule has 0 heterocycles. The van der Waals surface area contributed by atoms with Crippen molar-refractivity contribution in [2.75, 3.05) is 26.9 Å². The standard InChI is InChI=1S/C40H66O5/c1-3-4-20-44-39(41)29-37-18-8-16-35(27-37)25-33-14-6-12-31(23-33)10-5-11-32-13-7-15-34(24-32)26-36-17-9-19-38(28-36)30-40(42)45-22-21-43-2/h10-11,31-38H,3-4,6-9,12-30H2,1-2H3. The molecule has 4 aliphatic carbocycles. The predicted octanol–water partition coefficient (Wildman–Crippen LogP) is 10.0. The zero-order valence-corrected chi connectivity index (χ0v) is 29.0. The minimum absolute atomic E-state index is 0.0314. The highest BCUT2D eigenvalue weighted by Crippen LogP contribution is 2.41. The van der Waals surface area contributed by atoms with Gasteiger partial charge in [0.2, 0.25) is 0 Å². The summed E-state index contributed by atoms with van der Waals surface area (Å²) in [5.41, 5.74) is 3.71. The summed E-state index contributed by atoms with van der Waals surface area (Å²) >= 11 is 0. The number of rotatable bonds is 16. The Bertz CT molecular complexity index is 852. The van der Waals surface area contributed by atoms with E-state index in [-0.39, 0.29) is 11.9 Å². The van der Waals surface area contributed by atoms with Gasteiger partial charge in [0.25, 0.3) is 0 Å². The first kappa shape index (κ1) is 36.3. The van der Waals surface area contributed by atoms with E-state index in [1.807, 2.05) is 0 Å². The van der Waals surface area contributed by atoms with Crippen LogP contribution in [0.1, 0.15) is 148 Å². The second-order valence-electron chi connectivity index (χ2n) is 15.5. The van der Waals surface area contributed by atoms with Crippen LogP contribution in [0.4, 0.5) is 0 Å². The Morgan fingerprint density at radius 2 is 1.04 bits per heavy atom. The van der Waals surface area contributed by atoms with Gasteiger partial charge in [0.15, 0.2) is 0 Å². The van der Waals surface area contributed by atoms with Crippen molar-refractivity contribution in [1.29, 1.82) is 0 Å². The smallest absolute Gasteiger partial charge is 0.306 e. The molecule has 0 aromatic carbocycles. The Hall–Kier alpha value is -1.58. The van der Waals surface area contributed by atoms with Crippen LogP contribution in [0.5, 0.6) is 0 Å². The van der Waals surface area contributed by atoms with Crippen molar-refractivity contribution in [2.45, 2.75) is 148 Å². The summed E-state index contributed by atoms with van der Waals surface area (Å²) in [5.74, 6) is 5.63. The average Bonchev–Trinajstić information content (AvgIpc) is 3.02. The zero-order valence-electron chi connectivity index (χ0n) is 29.0. The van der Waals surface area contributed by atoms with Crippen molar-refractivity contribution in [2.24, 2.45) is 47.3 Å². The SMILES string of the molecule is CCCCOC(=O)CC1CCCC(CC2CCCC(C=C=CC3CCCC(CC4CCCC(CC(=O)OCCOC)C4)C3)C2)C1. The highest BCUT2D eigenvalue weighted by molar-refractivity contribution is 5.70. The fourth-order valence-electron chi connectivity index (χ4n) is 9.43. The van der Waals surface area contributed by atoms with E-state index in [1.165, 1.54) is 116 Å². The Balaban J connectivity index is 1.15. The van der Waals surface area contributed by atoms with Crippen LogP contribution in [0.15, 0.2) is 17.9 Å². The number of esters is 2. The van der Waals surface area contributed by atoms with E-state index >= 15 is 0 Å². The van der Waals surface area contributed by atoms with E-state index in [0.29, 0.717) is 56.3 Å². The van der Waals surface area contributed by atoms with Crippen LogP contribution in [-0.4, -0.2) is 38.9 Å². The lowest BCUT2D eigenvalue weighted by Gasteiger charge is -2.34. The summed E-state index contributed by atoms with van der Waals surface area (Å²) in [4.78, 5) is 24.5. The van der Waals surface area contributed by atoms with Crippen LogP contribution in [0.25, 0.3) is 0 Å². The number of hydrogen-bond acceptors (Lipinski definition) is 5. The molecule has 5 nitrogen and oxygen atoms in total. The van der Waals surface area contributed by atoms with Gasteiger partial charge in [-0.2, -0.15) is 0 Å². The van der Waals surface area contributed by atoms with Crippen LogP contribution >= 0.6 is 0 Å². The lowest BCUT2D eigenvalue weighted by molar-refractivity contribution is -0.147.